The predicted molar refractivity (Wildman–Crippen MR) is 64.0 cm³/mol. The van der Waals surface area contributed by atoms with Gasteiger partial charge >= 0.3 is 7.82 Å². The van der Waals surface area contributed by atoms with Crippen LogP contribution in [0, 0.1) is 12.3 Å². The molecule has 0 aliphatic carbocycles. The summed E-state index contributed by atoms with van der Waals surface area (Å²) >= 11 is 0. The van der Waals surface area contributed by atoms with Crippen molar-refractivity contribution >= 4 is 7.82 Å². The molecule has 0 aromatic carbocycles. The summed E-state index contributed by atoms with van der Waals surface area (Å²) in [5.41, 5.74) is 0. The van der Waals surface area contributed by atoms with Gasteiger partial charge in [-0.05, 0) is 34.6 Å². The Hall–Kier alpha value is -0.330. The van der Waals surface area contributed by atoms with Gasteiger partial charge in [-0.1, -0.05) is 0 Å². The summed E-state index contributed by atoms with van der Waals surface area (Å²) in [5.74, 6) is 2.44. The van der Waals surface area contributed by atoms with Gasteiger partial charge in [0.1, 0.15) is 0 Å². The fourth-order valence-corrected chi connectivity index (χ4v) is 2.71. The molecule has 0 aliphatic heterocycles. The quantitative estimate of drug-likeness (QED) is 0.512. The molecular formula is C11H21O4P. The molecule has 0 saturated carbocycles. The molecule has 0 rings (SSSR count). The van der Waals surface area contributed by atoms with Crippen molar-refractivity contribution in [2.75, 3.05) is 0 Å². The van der Waals surface area contributed by atoms with E-state index in [1.807, 2.05) is 0 Å². The molecule has 0 heterocycles. The van der Waals surface area contributed by atoms with Gasteiger partial charge in [-0.25, -0.2) is 4.57 Å². The SMILES string of the molecule is C#CCC(C)OP(=O)(OC(C)C)OC(C)C. The van der Waals surface area contributed by atoms with Crippen molar-refractivity contribution < 1.29 is 18.1 Å². The van der Waals surface area contributed by atoms with Crippen molar-refractivity contribution in [3.05, 3.63) is 0 Å². The molecular weight excluding hydrogens is 227 g/mol. The second kappa shape index (κ2) is 7.09. The largest absolute Gasteiger partial charge is 0.475 e. The highest BCUT2D eigenvalue weighted by Crippen LogP contribution is 2.52. The third kappa shape index (κ3) is 7.03. The van der Waals surface area contributed by atoms with E-state index in [2.05, 4.69) is 5.92 Å². The van der Waals surface area contributed by atoms with E-state index in [4.69, 9.17) is 20.0 Å². The van der Waals surface area contributed by atoms with Crippen LogP contribution in [-0.2, 0) is 18.1 Å². The number of hydrogen-bond acceptors (Lipinski definition) is 4. The van der Waals surface area contributed by atoms with Crippen molar-refractivity contribution in [2.45, 2.75) is 59.4 Å². The summed E-state index contributed by atoms with van der Waals surface area (Å²) in [6, 6.07) is 0. The summed E-state index contributed by atoms with van der Waals surface area (Å²) in [4.78, 5) is 0. The molecule has 0 radical (unpaired) electrons. The highest BCUT2D eigenvalue weighted by molar-refractivity contribution is 7.48. The molecule has 0 saturated heterocycles. The van der Waals surface area contributed by atoms with E-state index >= 15 is 0 Å². The lowest BCUT2D eigenvalue weighted by molar-refractivity contribution is 0.0529. The Morgan fingerprint density at radius 1 is 1.06 bits per heavy atom. The fraction of sp³-hybridized carbons (Fsp3) is 0.818. The van der Waals surface area contributed by atoms with Crippen LogP contribution in [0.5, 0.6) is 0 Å². The minimum atomic E-state index is -3.51. The Balaban J connectivity index is 4.54. The number of terminal acetylenes is 1. The Kier molecular flexibility index (Phi) is 6.94. The van der Waals surface area contributed by atoms with Crippen molar-refractivity contribution in [1.82, 2.24) is 0 Å². The average molecular weight is 248 g/mol. The van der Waals surface area contributed by atoms with Gasteiger partial charge in [0.15, 0.2) is 0 Å². The van der Waals surface area contributed by atoms with Crippen LogP contribution < -0.4 is 0 Å². The minimum Gasteiger partial charge on any atom is -0.284 e. The number of phosphoric ester groups is 1. The van der Waals surface area contributed by atoms with Gasteiger partial charge in [-0.15, -0.1) is 12.3 Å². The van der Waals surface area contributed by atoms with Crippen LogP contribution in [0.3, 0.4) is 0 Å². The maximum atomic E-state index is 12.2. The van der Waals surface area contributed by atoms with E-state index in [1.165, 1.54) is 0 Å². The van der Waals surface area contributed by atoms with Crippen LogP contribution >= 0.6 is 7.82 Å². The second-order valence-electron chi connectivity index (χ2n) is 4.08. The zero-order valence-corrected chi connectivity index (χ0v) is 11.5. The van der Waals surface area contributed by atoms with Gasteiger partial charge in [0.2, 0.25) is 0 Å². The summed E-state index contributed by atoms with van der Waals surface area (Å²) in [6.45, 7) is 8.81. The maximum absolute atomic E-state index is 12.2. The second-order valence-corrected chi connectivity index (χ2v) is 5.61. The molecule has 0 aromatic heterocycles. The van der Waals surface area contributed by atoms with Crippen LogP contribution in [0.15, 0.2) is 0 Å². The molecule has 0 amide bonds. The zero-order valence-electron chi connectivity index (χ0n) is 10.6. The van der Waals surface area contributed by atoms with E-state index < -0.39 is 7.82 Å². The summed E-state index contributed by atoms with van der Waals surface area (Å²) in [7, 11) is -3.51. The number of rotatable bonds is 7. The standard InChI is InChI=1S/C11H21O4P/c1-7-8-11(6)15-16(12,13-9(2)3)14-10(4)5/h1,9-11H,8H2,2-6H3. The topological polar surface area (TPSA) is 44.8 Å². The Morgan fingerprint density at radius 2 is 1.50 bits per heavy atom. The Morgan fingerprint density at radius 3 is 1.81 bits per heavy atom. The molecule has 0 aromatic rings. The third-order valence-corrected chi connectivity index (χ3v) is 3.37. The summed E-state index contributed by atoms with van der Waals surface area (Å²) in [5, 5.41) is 0. The summed E-state index contributed by atoms with van der Waals surface area (Å²) < 4.78 is 27.9. The van der Waals surface area contributed by atoms with Crippen molar-refractivity contribution in [3.8, 4) is 12.3 Å². The average Bonchev–Trinajstić information content (AvgIpc) is 1.98. The smallest absolute Gasteiger partial charge is 0.284 e. The molecule has 0 N–H and O–H groups in total. The van der Waals surface area contributed by atoms with Crippen LogP contribution in [0.1, 0.15) is 41.0 Å². The van der Waals surface area contributed by atoms with Gasteiger partial charge in [-0.3, -0.25) is 13.6 Å². The molecule has 0 fully saturated rings. The maximum Gasteiger partial charge on any atom is 0.475 e. The molecule has 0 spiro atoms. The van der Waals surface area contributed by atoms with Crippen molar-refractivity contribution in [1.29, 1.82) is 0 Å². The van der Waals surface area contributed by atoms with Crippen molar-refractivity contribution in [3.63, 3.8) is 0 Å². The highest BCUT2D eigenvalue weighted by Gasteiger charge is 2.31. The first-order valence-electron chi connectivity index (χ1n) is 5.37. The van der Waals surface area contributed by atoms with E-state index in [1.54, 1.807) is 34.6 Å². The zero-order chi connectivity index (χ0) is 12.8. The van der Waals surface area contributed by atoms with E-state index in [-0.39, 0.29) is 18.3 Å². The molecule has 16 heavy (non-hydrogen) atoms. The van der Waals surface area contributed by atoms with Gasteiger partial charge in [0.05, 0.1) is 18.3 Å². The molecule has 94 valence electrons. The van der Waals surface area contributed by atoms with E-state index in [9.17, 15) is 4.57 Å². The number of phosphoric acid groups is 1. The molecule has 5 heteroatoms. The Labute approximate surface area is 98.3 Å². The van der Waals surface area contributed by atoms with Crippen LogP contribution in [0.2, 0.25) is 0 Å². The monoisotopic (exact) mass is 248 g/mol. The molecule has 0 aliphatic rings. The summed E-state index contributed by atoms with van der Waals surface area (Å²) in [6.07, 6.45) is 4.70. The van der Waals surface area contributed by atoms with Gasteiger partial charge < -0.3 is 0 Å². The minimum absolute atomic E-state index is 0.234. The van der Waals surface area contributed by atoms with Crippen molar-refractivity contribution in [2.24, 2.45) is 0 Å². The molecule has 1 atom stereocenters. The molecule has 4 nitrogen and oxygen atoms in total. The first-order chi connectivity index (χ1) is 7.29. The number of hydrogen-bond donors (Lipinski definition) is 0. The van der Waals surface area contributed by atoms with Crippen LogP contribution in [-0.4, -0.2) is 18.3 Å². The fourth-order valence-electron chi connectivity index (χ4n) is 1.01. The molecule has 1 unspecified atom stereocenters. The Bertz CT molecular complexity index is 266. The highest BCUT2D eigenvalue weighted by atomic mass is 31.2. The molecule has 0 bridgehead atoms. The first kappa shape index (κ1) is 15.7. The van der Waals surface area contributed by atoms with E-state index in [0.717, 1.165) is 0 Å². The van der Waals surface area contributed by atoms with E-state index in [0.29, 0.717) is 6.42 Å². The predicted octanol–water partition coefficient (Wildman–Crippen LogP) is 3.37. The third-order valence-electron chi connectivity index (χ3n) is 1.39. The van der Waals surface area contributed by atoms with Gasteiger partial charge in [0, 0.05) is 6.42 Å². The van der Waals surface area contributed by atoms with Gasteiger partial charge in [-0.2, -0.15) is 0 Å². The lowest BCUT2D eigenvalue weighted by atomic mass is 10.3. The lowest BCUT2D eigenvalue weighted by Crippen LogP contribution is -2.14. The first-order valence-corrected chi connectivity index (χ1v) is 6.84. The van der Waals surface area contributed by atoms with Crippen LogP contribution in [0.25, 0.3) is 0 Å². The van der Waals surface area contributed by atoms with Gasteiger partial charge in [0.25, 0.3) is 0 Å². The normalized spacial score (nSPS) is 14.1. The van der Waals surface area contributed by atoms with Crippen LogP contribution in [0.4, 0.5) is 0 Å². The lowest BCUT2D eigenvalue weighted by Gasteiger charge is -2.24.